The molecule has 34 heavy (non-hydrogen) atoms. The van der Waals surface area contributed by atoms with Gasteiger partial charge in [0.1, 0.15) is 6.07 Å². The number of nitriles is 1. The Kier molecular flexibility index (Phi) is 6.25. The average molecular weight is 454 g/mol. The van der Waals surface area contributed by atoms with Gasteiger partial charge in [0.05, 0.1) is 16.9 Å². The number of urea groups is 1. The number of carbonyl (C=O) groups excluding carboxylic acids is 1. The normalized spacial score (nSPS) is 15.3. The molecule has 0 unspecified atom stereocenters. The maximum absolute atomic E-state index is 12.4. The van der Waals surface area contributed by atoms with Gasteiger partial charge in [-0.05, 0) is 62.1 Å². The molecule has 3 aromatic rings. The lowest BCUT2D eigenvalue weighted by atomic mass is 10.1. The number of hydrogen-bond donors (Lipinski definition) is 2. The van der Waals surface area contributed by atoms with Crippen LogP contribution in [0.3, 0.4) is 0 Å². The van der Waals surface area contributed by atoms with E-state index >= 15 is 0 Å². The lowest BCUT2D eigenvalue weighted by molar-refractivity contribution is 0.222. The summed E-state index contributed by atoms with van der Waals surface area (Å²) in [4.78, 5) is 25.5. The second-order valence-electron chi connectivity index (χ2n) is 8.63. The van der Waals surface area contributed by atoms with Crippen molar-refractivity contribution in [1.29, 1.82) is 5.26 Å². The average Bonchev–Trinajstić information content (AvgIpc) is 3.59. The van der Waals surface area contributed by atoms with Gasteiger partial charge in [0.2, 0.25) is 5.95 Å². The lowest BCUT2D eigenvalue weighted by Crippen LogP contribution is -2.32. The lowest BCUT2D eigenvalue weighted by Gasteiger charge is -2.19. The van der Waals surface area contributed by atoms with Crippen LogP contribution in [0.5, 0.6) is 0 Å². The summed E-state index contributed by atoms with van der Waals surface area (Å²) in [5.41, 5.74) is 4.75. The van der Waals surface area contributed by atoms with Crippen molar-refractivity contribution in [3.63, 3.8) is 0 Å². The molecule has 2 aliphatic rings. The van der Waals surface area contributed by atoms with E-state index < -0.39 is 0 Å². The van der Waals surface area contributed by atoms with Crippen molar-refractivity contribution in [1.82, 2.24) is 14.9 Å². The highest BCUT2D eigenvalue weighted by Crippen LogP contribution is 2.29. The van der Waals surface area contributed by atoms with Crippen LogP contribution in [0.25, 0.3) is 11.3 Å². The first-order valence-corrected chi connectivity index (χ1v) is 11.8. The highest BCUT2D eigenvalue weighted by atomic mass is 16.2. The second kappa shape index (κ2) is 9.79. The Morgan fingerprint density at radius 2 is 1.71 bits per heavy atom. The smallest absolute Gasteiger partial charge is 0.321 e. The van der Waals surface area contributed by atoms with Gasteiger partial charge in [-0.3, -0.25) is 0 Å². The summed E-state index contributed by atoms with van der Waals surface area (Å²) < 4.78 is 0. The summed E-state index contributed by atoms with van der Waals surface area (Å²) in [6.07, 6.45) is 6.14. The van der Waals surface area contributed by atoms with Gasteiger partial charge in [0.15, 0.2) is 0 Å². The number of nitrogens with one attached hydrogen (secondary N) is 2. The van der Waals surface area contributed by atoms with Crippen LogP contribution < -0.4 is 15.5 Å². The topological polar surface area (TPSA) is 97.2 Å². The standard InChI is InChI=1S/C26H27N7O/c27-18-20-16-19(8-9-24(20)32-12-1-2-13-32)23-10-11-28-25(31-23)29-21-6-5-7-22(17-21)30-26(34)33-14-3-4-15-33/h5-11,16-17H,1-4,12-15H2,(H,30,34)(H,28,29,31). The van der Waals surface area contributed by atoms with Crippen LogP contribution in [-0.4, -0.2) is 47.1 Å². The minimum atomic E-state index is -0.0708. The third-order valence-electron chi connectivity index (χ3n) is 6.28. The molecule has 172 valence electrons. The Hall–Kier alpha value is -4.12. The monoisotopic (exact) mass is 453 g/mol. The largest absolute Gasteiger partial charge is 0.370 e. The van der Waals surface area contributed by atoms with Crippen LogP contribution in [-0.2, 0) is 0 Å². The molecule has 0 saturated carbocycles. The van der Waals surface area contributed by atoms with Crippen molar-refractivity contribution in [3.05, 3.63) is 60.3 Å². The molecular formula is C26H27N7O. The van der Waals surface area contributed by atoms with Crippen molar-refractivity contribution in [2.75, 3.05) is 41.7 Å². The van der Waals surface area contributed by atoms with E-state index in [1.807, 2.05) is 53.4 Å². The molecule has 2 aliphatic heterocycles. The fraction of sp³-hybridized carbons (Fsp3) is 0.308. The van der Waals surface area contributed by atoms with E-state index in [4.69, 9.17) is 0 Å². The number of rotatable bonds is 5. The molecule has 2 amide bonds. The summed E-state index contributed by atoms with van der Waals surface area (Å²) in [5.74, 6) is 0.447. The van der Waals surface area contributed by atoms with E-state index in [-0.39, 0.29) is 6.03 Å². The Morgan fingerprint density at radius 3 is 2.50 bits per heavy atom. The highest BCUT2D eigenvalue weighted by molar-refractivity contribution is 5.90. The van der Waals surface area contributed by atoms with Gasteiger partial charge < -0.3 is 20.4 Å². The van der Waals surface area contributed by atoms with Crippen molar-refractivity contribution in [3.8, 4) is 17.3 Å². The third kappa shape index (κ3) is 4.79. The Bertz CT molecular complexity index is 1220. The van der Waals surface area contributed by atoms with E-state index in [1.54, 1.807) is 6.20 Å². The van der Waals surface area contributed by atoms with Crippen LogP contribution in [0.1, 0.15) is 31.2 Å². The second-order valence-corrected chi connectivity index (χ2v) is 8.63. The Labute approximate surface area is 199 Å². The number of hydrogen-bond acceptors (Lipinski definition) is 6. The third-order valence-corrected chi connectivity index (χ3v) is 6.28. The minimum Gasteiger partial charge on any atom is -0.370 e. The van der Waals surface area contributed by atoms with Crippen LogP contribution >= 0.6 is 0 Å². The number of nitrogens with zero attached hydrogens (tertiary/aromatic N) is 5. The first kappa shape index (κ1) is 21.7. The molecule has 0 atom stereocenters. The van der Waals surface area contributed by atoms with E-state index in [0.717, 1.165) is 74.5 Å². The number of likely N-dealkylation sites (tertiary alicyclic amines) is 1. The maximum atomic E-state index is 12.4. The van der Waals surface area contributed by atoms with Crippen molar-refractivity contribution < 1.29 is 4.79 Å². The molecule has 2 saturated heterocycles. The molecule has 2 aromatic carbocycles. The van der Waals surface area contributed by atoms with Crippen LogP contribution in [0.4, 0.5) is 27.8 Å². The molecule has 0 bridgehead atoms. The molecule has 8 heteroatoms. The van der Waals surface area contributed by atoms with Crippen molar-refractivity contribution in [2.45, 2.75) is 25.7 Å². The van der Waals surface area contributed by atoms with Crippen LogP contribution in [0.2, 0.25) is 0 Å². The summed E-state index contributed by atoms with van der Waals surface area (Å²) in [5, 5.41) is 15.9. The summed E-state index contributed by atoms with van der Waals surface area (Å²) in [7, 11) is 0. The fourth-order valence-corrected chi connectivity index (χ4v) is 4.52. The summed E-state index contributed by atoms with van der Waals surface area (Å²) in [6, 6.07) is 17.5. The predicted octanol–water partition coefficient (Wildman–Crippen LogP) is 4.99. The van der Waals surface area contributed by atoms with Gasteiger partial charge in [-0.2, -0.15) is 5.26 Å². The molecule has 8 nitrogen and oxygen atoms in total. The number of anilines is 4. The van der Waals surface area contributed by atoms with Crippen LogP contribution in [0.15, 0.2) is 54.7 Å². The summed E-state index contributed by atoms with van der Waals surface area (Å²) in [6.45, 7) is 3.59. The molecule has 0 radical (unpaired) electrons. The maximum Gasteiger partial charge on any atom is 0.321 e. The molecule has 3 heterocycles. The molecule has 0 aliphatic carbocycles. The van der Waals surface area contributed by atoms with Gasteiger partial charge in [-0.15, -0.1) is 0 Å². The zero-order chi connectivity index (χ0) is 23.3. The van der Waals surface area contributed by atoms with Gasteiger partial charge in [-0.25, -0.2) is 14.8 Å². The van der Waals surface area contributed by atoms with Crippen molar-refractivity contribution >= 4 is 29.0 Å². The number of amides is 2. The number of benzene rings is 2. The fourth-order valence-electron chi connectivity index (χ4n) is 4.52. The molecule has 0 spiro atoms. The van der Waals surface area contributed by atoms with Gasteiger partial charge in [0, 0.05) is 49.3 Å². The van der Waals surface area contributed by atoms with Gasteiger partial charge in [0.25, 0.3) is 0 Å². The quantitative estimate of drug-likeness (QED) is 0.565. The molecule has 1 aromatic heterocycles. The molecule has 2 fully saturated rings. The van der Waals surface area contributed by atoms with E-state index in [2.05, 4.69) is 31.6 Å². The highest BCUT2D eigenvalue weighted by Gasteiger charge is 2.18. The first-order chi connectivity index (χ1) is 16.7. The van der Waals surface area contributed by atoms with Crippen molar-refractivity contribution in [2.24, 2.45) is 0 Å². The summed E-state index contributed by atoms with van der Waals surface area (Å²) >= 11 is 0. The molecular weight excluding hydrogens is 426 g/mol. The molecule has 5 rings (SSSR count). The van der Waals surface area contributed by atoms with Crippen LogP contribution in [0, 0.1) is 11.3 Å². The Balaban J connectivity index is 1.32. The Morgan fingerprint density at radius 1 is 0.941 bits per heavy atom. The van der Waals surface area contributed by atoms with E-state index in [9.17, 15) is 10.1 Å². The predicted molar refractivity (Wildman–Crippen MR) is 133 cm³/mol. The van der Waals surface area contributed by atoms with E-state index in [0.29, 0.717) is 17.2 Å². The van der Waals surface area contributed by atoms with Gasteiger partial charge in [-0.1, -0.05) is 12.1 Å². The number of carbonyl (C=O) groups is 1. The minimum absolute atomic E-state index is 0.0708. The number of aromatic nitrogens is 2. The first-order valence-electron chi connectivity index (χ1n) is 11.8. The SMILES string of the molecule is N#Cc1cc(-c2ccnc(Nc3cccc(NC(=O)N4CCCC4)c3)n2)ccc1N1CCCC1. The zero-order valence-electron chi connectivity index (χ0n) is 19.0. The zero-order valence-corrected chi connectivity index (χ0v) is 19.0. The van der Waals surface area contributed by atoms with Gasteiger partial charge >= 0.3 is 6.03 Å². The molecule has 2 N–H and O–H groups in total. The van der Waals surface area contributed by atoms with E-state index in [1.165, 1.54) is 0 Å².